The Bertz CT molecular complexity index is 725. The third kappa shape index (κ3) is 15.5. The fourth-order valence-corrected chi connectivity index (χ4v) is 6.11. The summed E-state index contributed by atoms with van der Waals surface area (Å²) < 4.78 is 64.1. The average Bonchev–Trinajstić information content (AvgIpc) is 2.97. The van der Waals surface area contributed by atoms with Gasteiger partial charge in [0.25, 0.3) is 0 Å². The minimum Gasteiger partial charge on any atom is -0.457 e. The predicted molar refractivity (Wildman–Crippen MR) is 168 cm³/mol. The van der Waals surface area contributed by atoms with Gasteiger partial charge in [-0.1, -0.05) is 80.1 Å². The second-order valence-corrected chi connectivity index (χ2v) is 12.8. The van der Waals surface area contributed by atoms with Gasteiger partial charge >= 0.3 is 13.8 Å². The maximum atomic E-state index is 14.2. The first-order valence-corrected chi connectivity index (χ1v) is 18.5. The first kappa shape index (κ1) is 40.4. The fraction of sp³-hybridized carbons (Fsp3) is 0.969. The van der Waals surface area contributed by atoms with Crippen molar-refractivity contribution in [3.63, 3.8) is 0 Å². The van der Waals surface area contributed by atoms with Gasteiger partial charge in [0.05, 0.1) is 13.2 Å². The zero-order valence-corrected chi connectivity index (χ0v) is 29.1. The lowest BCUT2D eigenvalue weighted by atomic mass is 9.83. The van der Waals surface area contributed by atoms with Crippen molar-refractivity contribution in [2.45, 2.75) is 162 Å². The highest BCUT2D eigenvalue weighted by atomic mass is 31.2. The number of esters is 1. The van der Waals surface area contributed by atoms with Gasteiger partial charge < -0.3 is 23.7 Å². The molecule has 10 nitrogen and oxygen atoms in total. The van der Waals surface area contributed by atoms with E-state index in [1.54, 1.807) is 0 Å². The van der Waals surface area contributed by atoms with Gasteiger partial charge in [-0.3, -0.25) is 18.4 Å². The van der Waals surface area contributed by atoms with E-state index < -0.39 is 50.4 Å². The summed E-state index contributed by atoms with van der Waals surface area (Å²) in [4.78, 5) is 12.6. The molecular formula is C32H63O10P. The van der Waals surface area contributed by atoms with E-state index >= 15 is 0 Å². The third-order valence-corrected chi connectivity index (χ3v) is 8.72. The molecule has 0 aliphatic heterocycles. The SMILES string of the molecule is CCCCOC1C(OCCCC)[C@@H](OC(C)=O)C(OP(=O)(OCCCC)OCCCC)C(OCCCC)[C@H]1OCCCC. The highest BCUT2D eigenvalue weighted by molar-refractivity contribution is 7.48. The molecular weight excluding hydrogens is 575 g/mol. The lowest BCUT2D eigenvalue weighted by Crippen LogP contribution is -2.67. The van der Waals surface area contributed by atoms with Crippen LogP contribution >= 0.6 is 7.82 Å². The molecule has 0 radical (unpaired) electrons. The Hall–Kier alpha value is -0.580. The smallest absolute Gasteiger partial charge is 0.457 e. The first-order valence-electron chi connectivity index (χ1n) is 17.0. The number of rotatable bonds is 27. The quantitative estimate of drug-likeness (QED) is 0.0502. The summed E-state index contributed by atoms with van der Waals surface area (Å²) in [5.74, 6) is -0.513. The summed E-state index contributed by atoms with van der Waals surface area (Å²) in [7, 11) is -4.09. The van der Waals surface area contributed by atoms with Crippen molar-refractivity contribution in [1.82, 2.24) is 0 Å². The van der Waals surface area contributed by atoms with E-state index in [9.17, 15) is 9.36 Å². The largest absolute Gasteiger partial charge is 0.475 e. The number of carbonyl (C=O) groups excluding carboxylic acids is 1. The Morgan fingerprint density at radius 1 is 0.488 bits per heavy atom. The Kier molecular flexibility index (Phi) is 23.2. The van der Waals surface area contributed by atoms with E-state index in [4.69, 9.17) is 37.3 Å². The number of ether oxygens (including phenoxy) is 5. The molecule has 1 aliphatic carbocycles. The van der Waals surface area contributed by atoms with Gasteiger partial charge in [-0.05, 0) is 38.5 Å². The van der Waals surface area contributed by atoms with Crippen LogP contribution in [0.15, 0.2) is 0 Å². The molecule has 6 atom stereocenters. The Balaban J connectivity index is 3.69. The number of hydrogen-bond donors (Lipinski definition) is 0. The maximum Gasteiger partial charge on any atom is 0.475 e. The van der Waals surface area contributed by atoms with Crippen LogP contribution in [-0.4, -0.2) is 82.2 Å². The zero-order chi connectivity index (χ0) is 31.9. The Labute approximate surface area is 262 Å². The van der Waals surface area contributed by atoms with E-state index in [0.717, 1.165) is 64.2 Å². The van der Waals surface area contributed by atoms with Crippen molar-refractivity contribution in [3.05, 3.63) is 0 Å². The molecule has 0 aromatic rings. The van der Waals surface area contributed by atoms with Crippen molar-refractivity contribution >= 4 is 13.8 Å². The van der Waals surface area contributed by atoms with Crippen LogP contribution in [0, 0.1) is 0 Å². The van der Waals surface area contributed by atoms with Gasteiger partial charge in [-0.25, -0.2) is 4.57 Å². The number of hydrogen-bond acceptors (Lipinski definition) is 10. The summed E-state index contributed by atoms with van der Waals surface area (Å²) in [6.07, 6.45) is 5.40. The van der Waals surface area contributed by atoms with Gasteiger partial charge in [0.2, 0.25) is 0 Å². The van der Waals surface area contributed by atoms with Crippen molar-refractivity contribution in [2.75, 3.05) is 39.6 Å². The molecule has 1 aliphatic rings. The lowest BCUT2D eigenvalue weighted by Gasteiger charge is -2.49. The highest BCUT2D eigenvalue weighted by Gasteiger charge is 2.58. The van der Waals surface area contributed by atoms with Crippen molar-refractivity contribution < 1.29 is 46.6 Å². The Morgan fingerprint density at radius 3 is 1.12 bits per heavy atom. The second-order valence-electron chi connectivity index (χ2n) is 11.2. The monoisotopic (exact) mass is 638 g/mol. The molecule has 43 heavy (non-hydrogen) atoms. The standard InChI is InChI=1S/C32H63O10P/c1-8-14-20-35-27-28(36-21-15-9-2)30(38-23-17-11-4)32(31(41-26(7)33)29(27)37-22-16-10-3)42-43(34,39-24-18-12-5)40-25-19-13-6/h27-32H,8-25H2,1-7H3/t27?,28-,29?,30?,31+,32?/m0/s1. The molecule has 0 saturated heterocycles. The van der Waals surface area contributed by atoms with Crippen LogP contribution in [0.2, 0.25) is 0 Å². The molecule has 0 amide bonds. The number of carbonyl (C=O) groups is 1. The van der Waals surface area contributed by atoms with Crippen LogP contribution in [0.25, 0.3) is 0 Å². The van der Waals surface area contributed by atoms with E-state index in [-0.39, 0.29) is 13.2 Å². The van der Waals surface area contributed by atoms with Crippen LogP contribution in [0.5, 0.6) is 0 Å². The van der Waals surface area contributed by atoms with Crippen molar-refractivity contribution in [2.24, 2.45) is 0 Å². The van der Waals surface area contributed by atoms with E-state index in [1.165, 1.54) is 6.92 Å². The number of unbranched alkanes of at least 4 members (excludes halogenated alkanes) is 6. The van der Waals surface area contributed by atoms with Gasteiger partial charge in [0, 0.05) is 33.4 Å². The molecule has 0 aromatic carbocycles. The topological polar surface area (TPSA) is 108 Å². The summed E-state index contributed by atoms with van der Waals surface area (Å²) in [6, 6.07) is 0. The molecule has 1 saturated carbocycles. The van der Waals surface area contributed by atoms with Crippen LogP contribution in [0.4, 0.5) is 0 Å². The van der Waals surface area contributed by atoms with Gasteiger partial charge in [0.15, 0.2) is 6.10 Å². The molecule has 0 aromatic heterocycles. The van der Waals surface area contributed by atoms with E-state index in [2.05, 4.69) is 27.7 Å². The first-order chi connectivity index (χ1) is 20.8. The molecule has 0 N–H and O–H groups in total. The molecule has 11 heteroatoms. The highest BCUT2D eigenvalue weighted by Crippen LogP contribution is 2.53. The summed E-state index contributed by atoms with van der Waals surface area (Å²) >= 11 is 0. The lowest BCUT2D eigenvalue weighted by molar-refractivity contribution is -0.267. The molecule has 256 valence electrons. The van der Waals surface area contributed by atoms with Crippen LogP contribution in [0.1, 0.15) is 126 Å². The number of phosphoric ester groups is 1. The van der Waals surface area contributed by atoms with Crippen LogP contribution in [0.3, 0.4) is 0 Å². The molecule has 1 fully saturated rings. The minimum atomic E-state index is -4.09. The Morgan fingerprint density at radius 2 is 0.791 bits per heavy atom. The van der Waals surface area contributed by atoms with Crippen LogP contribution < -0.4 is 0 Å². The zero-order valence-electron chi connectivity index (χ0n) is 28.2. The molecule has 0 spiro atoms. The fourth-order valence-electron chi connectivity index (χ4n) is 4.67. The molecule has 1 rings (SSSR count). The van der Waals surface area contributed by atoms with Gasteiger partial charge in [-0.2, -0.15) is 0 Å². The maximum absolute atomic E-state index is 14.2. The van der Waals surface area contributed by atoms with Crippen LogP contribution in [-0.2, 0) is 46.6 Å². The predicted octanol–water partition coefficient (Wildman–Crippen LogP) is 7.80. The average molecular weight is 639 g/mol. The van der Waals surface area contributed by atoms with E-state index in [1.807, 2.05) is 13.8 Å². The minimum absolute atomic E-state index is 0.210. The second kappa shape index (κ2) is 24.6. The van der Waals surface area contributed by atoms with Crippen molar-refractivity contribution in [3.8, 4) is 0 Å². The van der Waals surface area contributed by atoms with Gasteiger partial charge in [-0.15, -0.1) is 0 Å². The summed E-state index contributed by atoms with van der Waals surface area (Å²) in [6.45, 7) is 16.0. The normalized spacial score (nSPS) is 24.3. The van der Waals surface area contributed by atoms with Gasteiger partial charge in [0.1, 0.15) is 30.5 Å². The third-order valence-electron chi connectivity index (χ3n) is 7.22. The summed E-state index contributed by atoms with van der Waals surface area (Å²) in [5.41, 5.74) is 0. The molecule has 4 unspecified atom stereocenters. The molecule has 0 bridgehead atoms. The van der Waals surface area contributed by atoms with Crippen molar-refractivity contribution in [1.29, 1.82) is 0 Å². The van der Waals surface area contributed by atoms with E-state index in [0.29, 0.717) is 39.3 Å². The molecule has 0 heterocycles. The summed E-state index contributed by atoms with van der Waals surface area (Å²) in [5, 5.41) is 0. The number of phosphoric acid groups is 1.